The van der Waals surface area contributed by atoms with Crippen molar-refractivity contribution in [1.29, 1.82) is 0 Å². The monoisotopic (exact) mass is 430 g/mol. The molecule has 1 aromatic heterocycles. The minimum Gasteiger partial charge on any atom is -0.345 e. The summed E-state index contributed by atoms with van der Waals surface area (Å²) in [7, 11) is 0. The van der Waals surface area contributed by atoms with Crippen molar-refractivity contribution in [1.82, 2.24) is 14.5 Å². The van der Waals surface area contributed by atoms with E-state index in [1.807, 2.05) is 37.3 Å². The number of halogens is 1. The second kappa shape index (κ2) is 8.22. The van der Waals surface area contributed by atoms with Crippen molar-refractivity contribution >= 4 is 44.5 Å². The van der Waals surface area contributed by atoms with Crippen LogP contribution in [0.25, 0.3) is 11.0 Å². The van der Waals surface area contributed by atoms with E-state index >= 15 is 0 Å². The number of carbonyl (C=O) groups excluding carboxylic acids is 2. The van der Waals surface area contributed by atoms with E-state index < -0.39 is 5.91 Å². The molecule has 2 amide bonds. The molecule has 0 bridgehead atoms. The van der Waals surface area contributed by atoms with Gasteiger partial charge >= 0.3 is 5.69 Å². The van der Waals surface area contributed by atoms with Gasteiger partial charge in [0.25, 0.3) is 0 Å². The van der Waals surface area contributed by atoms with E-state index in [1.165, 1.54) is 4.57 Å². The lowest BCUT2D eigenvalue weighted by Crippen LogP contribution is -2.37. The van der Waals surface area contributed by atoms with Gasteiger partial charge in [0.2, 0.25) is 11.8 Å². The number of nitrogens with one attached hydrogen (secondary N) is 2. The van der Waals surface area contributed by atoms with E-state index in [2.05, 4.69) is 26.6 Å². The smallest absolute Gasteiger partial charge is 0.329 e. The molecule has 0 unspecified atom stereocenters. The Bertz CT molecular complexity index is 1050. The predicted octanol–water partition coefficient (Wildman–Crippen LogP) is 2.34. The Labute approximate surface area is 164 Å². The zero-order valence-corrected chi connectivity index (χ0v) is 16.3. The lowest BCUT2D eigenvalue weighted by molar-refractivity contribution is -0.124. The fourth-order valence-electron chi connectivity index (χ4n) is 2.87. The van der Waals surface area contributed by atoms with Gasteiger partial charge < -0.3 is 10.6 Å². The maximum atomic E-state index is 12.5. The van der Waals surface area contributed by atoms with Crippen LogP contribution < -0.4 is 16.3 Å². The number of aryl methyl sites for hydroxylation is 1. The number of aromatic nitrogens is 2. The molecule has 7 nitrogen and oxygen atoms in total. The van der Waals surface area contributed by atoms with Crippen LogP contribution in [0.3, 0.4) is 0 Å². The highest BCUT2D eigenvalue weighted by Crippen LogP contribution is 2.20. The summed E-state index contributed by atoms with van der Waals surface area (Å²) in [4.78, 5) is 36.8. The quantitative estimate of drug-likeness (QED) is 0.629. The summed E-state index contributed by atoms with van der Waals surface area (Å²) < 4.78 is 3.78. The van der Waals surface area contributed by atoms with Gasteiger partial charge in [-0.25, -0.2) is 4.79 Å². The summed E-state index contributed by atoms with van der Waals surface area (Å²) in [5.74, 6) is -0.753. The Balaban J connectivity index is 1.66. The fraction of sp³-hybridized carbons (Fsp3) is 0.211. The largest absolute Gasteiger partial charge is 0.345 e. The molecule has 0 saturated carbocycles. The van der Waals surface area contributed by atoms with Crippen LogP contribution >= 0.6 is 15.9 Å². The Morgan fingerprint density at radius 2 is 1.59 bits per heavy atom. The number of anilines is 1. The average molecular weight is 431 g/mol. The number of benzene rings is 2. The number of para-hydroxylation sites is 3. The van der Waals surface area contributed by atoms with Gasteiger partial charge in [-0.15, -0.1) is 0 Å². The number of nitrogens with zero attached hydrogens (tertiary/aromatic N) is 2. The first-order valence-electron chi connectivity index (χ1n) is 8.50. The molecule has 27 heavy (non-hydrogen) atoms. The first-order chi connectivity index (χ1) is 13.0. The number of amides is 2. The zero-order chi connectivity index (χ0) is 19.4. The normalized spacial score (nSPS) is 10.7. The van der Waals surface area contributed by atoms with Crippen LogP contribution in [0.1, 0.15) is 6.92 Å². The van der Waals surface area contributed by atoms with Crippen LogP contribution in [0.2, 0.25) is 0 Å². The molecule has 0 saturated heterocycles. The summed E-state index contributed by atoms with van der Waals surface area (Å²) in [6, 6.07) is 14.5. The molecule has 0 aliphatic carbocycles. The molecule has 0 spiro atoms. The van der Waals surface area contributed by atoms with Gasteiger partial charge in [0.05, 0.1) is 23.3 Å². The van der Waals surface area contributed by atoms with Gasteiger partial charge in [-0.3, -0.25) is 18.7 Å². The van der Waals surface area contributed by atoms with Crippen molar-refractivity contribution in [3.8, 4) is 0 Å². The lowest BCUT2D eigenvalue weighted by atomic mass is 10.3. The predicted molar refractivity (Wildman–Crippen MR) is 108 cm³/mol. The van der Waals surface area contributed by atoms with Gasteiger partial charge in [0.15, 0.2) is 0 Å². The Morgan fingerprint density at radius 3 is 2.26 bits per heavy atom. The van der Waals surface area contributed by atoms with E-state index in [-0.39, 0.29) is 24.7 Å². The first-order valence-corrected chi connectivity index (χ1v) is 9.29. The van der Waals surface area contributed by atoms with Crippen molar-refractivity contribution in [3.63, 3.8) is 0 Å². The molecule has 3 rings (SSSR count). The molecule has 0 aliphatic heterocycles. The molecule has 2 N–H and O–H groups in total. The van der Waals surface area contributed by atoms with Crippen LogP contribution in [-0.2, 0) is 22.7 Å². The topological polar surface area (TPSA) is 85.1 Å². The molecule has 1 heterocycles. The van der Waals surface area contributed by atoms with Gasteiger partial charge in [-0.1, -0.05) is 24.3 Å². The Hall–Kier alpha value is -2.87. The third kappa shape index (κ3) is 4.11. The third-order valence-corrected chi connectivity index (χ3v) is 4.83. The van der Waals surface area contributed by atoms with E-state index in [1.54, 1.807) is 22.8 Å². The number of rotatable bonds is 6. The molecular formula is C19H19BrN4O3. The van der Waals surface area contributed by atoms with Crippen molar-refractivity contribution in [2.45, 2.75) is 20.0 Å². The molecule has 0 atom stereocenters. The van der Waals surface area contributed by atoms with E-state index in [4.69, 9.17) is 0 Å². The van der Waals surface area contributed by atoms with Crippen molar-refractivity contribution in [3.05, 3.63) is 63.5 Å². The van der Waals surface area contributed by atoms with Gasteiger partial charge in [0.1, 0.15) is 6.54 Å². The number of hydrogen-bond acceptors (Lipinski definition) is 3. The van der Waals surface area contributed by atoms with Crippen molar-refractivity contribution in [2.75, 3.05) is 11.9 Å². The lowest BCUT2D eigenvalue weighted by Gasteiger charge is -2.09. The van der Waals surface area contributed by atoms with Gasteiger partial charge in [0, 0.05) is 11.0 Å². The van der Waals surface area contributed by atoms with E-state index in [0.29, 0.717) is 17.7 Å². The van der Waals surface area contributed by atoms with Crippen molar-refractivity contribution in [2.24, 2.45) is 0 Å². The van der Waals surface area contributed by atoms with Crippen LogP contribution in [0.5, 0.6) is 0 Å². The second-order valence-electron chi connectivity index (χ2n) is 5.91. The summed E-state index contributed by atoms with van der Waals surface area (Å²) in [6.07, 6.45) is 0. The molecule has 0 fully saturated rings. The Morgan fingerprint density at radius 1 is 0.963 bits per heavy atom. The molecule has 140 valence electrons. The number of fused-ring (bicyclic) bond motifs is 1. The van der Waals surface area contributed by atoms with Gasteiger partial charge in [-0.05, 0) is 47.1 Å². The standard InChI is InChI=1S/C19H19BrN4O3/c1-2-23-15-9-5-6-10-16(15)24(19(23)27)12-18(26)21-11-17(25)22-14-8-4-3-7-13(14)20/h3-10H,2,11-12H2,1H3,(H,21,26)(H,22,25). The molecule has 0 aliphatic rings. The van der Waals surface area contributed by atoms with Crippen LogP contribution in [0, 0.1) is 0 Å². The van der Waals surface area contributed by atoms with Crippen LogP contribution in [-0.4, -0.2) is 27.5 Å². The van der Waals surface area contributed by atoms with E-state index in [9.17, 15) is 14.4 Å². The minimum atomic E-state index is -0.404. The molecule has 2 aromatic carbocycles. The van der Waals surface area contributed by atoms with Crippen LogP contribution in [0.15, 0.2) is 57.8 Å². The maximum Gasteiger partial charge on any atom is 0.329 e. The highest BCUT2D eigenvalue weighted by Gasteiger charge is 2.15. The minimum absolute atomic E-state index is 0.144. The maximum absolute atomic E-state index is 12.5. The summed E-state index contributed by atoms with van der Waals surface area (Å²) in [6.45, 7) is 2.07. The van der Waals surface area contributed by atoms with Gasteiger partial charge in [-0.2, -0.15) is 0 Å². The third-order valence-electron chi connectivity index (χ3n) is 4.14. The SMILES string of the molecule is CCn1c(=O)n(CC(=O)NCC(=O)Nc2ccccc2Br)c2ccccc21. The summed E-state index contributed by atoms with van der Waals surface area (Å²) in [5, 5.41) is 5.27. The summed E-state index contributed by atoms with van der Waals surface area (Å²) >= 11 is 3.35. The molecule has 8 heteroatoms. The second-order valence-corrected chi connectivity index (χ2v) is 6.76. The number of hydrogen-bond donors (Lipinski definition) is 2. The summed E-state index contributed by atoms with van der Waals surface area (Å²) in [5.41, 5.74) is 1.85. The number of carbonyl (C=O) groups is 2. The highest BCUT2D eigenvalue weighted by atomic mass is 79.9. The molecule has 0 radical (unpaired) electrons. The average Bonchev–Trinajstić information content (AvgIpc) is 2.93. The number of imidazole rings is 1. The van der Waals surface area contributed by atoms with E-state index in [0.717, 1.165) is 9.99 Å². The zero-order valence-electron chi connectivity index (χ0n) is 14.7. The molecular weight excluding hydrogens is 412 g/mol. The van der Waals surface area contributed by atoms with Crippen LogP contribution in [0.4, 0.5) is 5.69 Å². The Kier molecular flexibility index (Phi) is 5.75. The first kappa shape index (κ1) is 18.9. The molecule has 3 aromatic rings. The fourth-order valence-corrected chi connectivity index (χ4v) is 3.25. The van der Waals surface area contributed by atoms with Crippen molar-refractivity contribution < 1.29 is 9.59 Å². The highest BCUT2D eigenvalue weighted by molar-refractivity contribution is 9.10.